The van der Waals surface area contributed by atoms with E-state index in [9.17, 15) is 9.59 Å². The molecule has 1 rings (SSSR count). The van der Waals surface area contributed by atoms with Gasteiger partial charge in [0.15, 0.2) is 0 Å². The Kier molecular flexibility index (Phi) is 7.20. The minimum atomic E-state index is -0.371. The molecule has 112 valence electrons. The Morgan fingerprint density at radius 1 is 1.60 bits per heavy atom. The molecular weight excluding hydrogens is 332 g/mol. The van der Waals surface area contributed by atoms with Gasteiger partial charge in [-0.2, -0.15) is 5.10 Å². The van der Waals surface area contributed by atoms with Crippen LogP contribution in [0.3, 0.4) is 0 Å². The molecule has 1 heterocycles. The van der Waals surface area contributed by atoms with Crippen molar-refractivity contribution < 1.29 is 14.6 Å². The van der Waals surface area contributed by atoms with Gasteiger partial charge in [-0.15, -0.1) is 0 Å². The fourth-order valence-electron chi connectivity index (χ4n) is 1.37. The third kappa shape index (κ3) is 4.91. The van der Waals surface area contributed by atoms with Crippen LogP contribution >= 0.6 is 15.9 Å². The normalized spacial score (nSPS) is 10.3. The van der Waals surface area contributed by atoms with Gasteiger partial charge in [-0.3, -0.25) is 9.59 Å². The molecule has 0 aromatic carbocycles. The van der Waals surface area contributed by atoms with E-state index in [1.807, 2.05) is 0 Å². The maximum Gasteiger partial charge on any atom is 0.283 e. The first-order valence-corrected chi connectivity index (χ1v) is 6.75. The molecule has 3 N–H and O–H groups in total. The first-order chi connectivity index (χ1) is 9.60. The van der Waals surface area contributed by atoms with Crippen LogP contribution in [0, 0.1) is 0 Å². The summed E-state index contributed by atoms with van der Waals surface area (Å²) in [7, 11) is 1.55. The number of aliphatic hydroxyl groups excluding tert-OH is 1. The Labute approximate surface area is 124 Å². The highest BCUT2D eigenvalue weighted by atomic mass is 79.9. The van der Waals surface area contributed by atoms with Gasteiger partial charge in [0.25, 0.3) is 5.56 Å². The summed E-state index contributed by atoms with van der Waals surface area (Å²) in [5, 5.41) is 18.1. The zero-order chi connectivity index (χ0) is 15.0. The number of carbonyl (C=O) groups excluding carboxylic acids is 1. The summed E-state index contributed by atoms with van der Waals surface area (Å²) in [4.78, 5) is 23.3. The van der Waals surface area contributed by atoms with Gasteiger partial charge in [0, 0.05) is 13.7 Å². The highest BCUT2D eigenvalue weighted by molar-refractivity contribution is 9.10. The predicted molar refractivity (Wildman–Crippen MR) is 76.7 cm³/mol. The van der Waals surface area contributed by atoms with Gasteiger partial charge in [-0.25, -0.2) is 4.68 Å². The van der Waals surface area contributed by atoms with Crippen LogP contribution < -0.4 is 16.2 Å². The van der Waals surface area contributed by atoms with Crippen molar-refractivity contribution in [2.75, 3.05) is 38.7 Å². The lowest BCUT2D eigenvalue weighted by Gasteiger charge is -2.10. The Hall–Kier alpha value is -1.45. The van der Waals surface area contributed by atoms with E-state index in [0.717, 1.165) is 4.68 Å². The van der Waals surface area contributed by atoms with E-state index in [2.05, 4.69) is 31.7 Å². The molecule has 0 aliphatic heterocycles. The fraction of sp³-hybridized carbons (Fsp3) is 0.545. The standard InChI is InChI=1S/C11H17BrN4O4/c1-20-5-2-13-9(18)7-14-8-6-15-16(3-4-17)11(19)10(8)12/h6,14,17H,2-5,7H2,1H3,(H,13,18). The van der Waals surface area contributed by atoms with Gasteiger partial charge in [-0.1, -0.05) is 0 Å². The van der Waals surface area contributed by atoms with E-state index < -0.39 is 0 Å². The second-order valence-corrected chi connectivity index (χ2v) is 4.61. The van der Waals surface area contributed by atoms with E-state index in [0.29, 0.717) is 18.8 Å². The molecule has 0 aliphatic carbocycles. The van der Waals surface area contributed by atoms with Gasteiger partial charge < -0.3 is 20.5 Å². The number of ether oxygens (including phenoxy) is 1. The van der Waals surface area contributed by atoms with Gasteiger partial charge in [-0.05, 0) is 15.9 Å². The molecule has 1 aromatic rings. The van der Waals surface area contributed by atoms with Crippen LogP contribution in [0.4, 0.5) is 5.69 Å². The van der Waals surface area contributed by atoms with E-state index in [-0.39, 0.29) is 35.6 Å². The Bertz CT molecular complexity index is 506. The van der Waals surface area contributed by atoms with Gasteiger partial charge in [0.1, 0.15) is 4.47 Å². The molecule has 0 fully saturated rings. The fourth-order valence-corrected chi connectivity index (χ4v) is 1.82. The Morgan fingerprint density at radius 2 is 2.35 bits per heavy atom. The van der Waals surface area contributed by atoms with E-state index in [4.69, 9.17) is 9.84 Å². The topological polar surface area (TPSA) is 105 Å². The summed E-state index contributed by atoms with van der Waals surface area (Å²) >= 11 is 3.15. The van der Waals surface area contributed by atoms with E-state index in [1.54, 1.807) is 7.11 Å². The van der Waals surface area contributed by atoms with Crippen LogP contribution in [0.25, 0.3) is 0 Å². The average Bonchev–Trinajstić information content (AvgIpc) is 2.43. The SMILES string of the molecule is COCCNC(=O)CNc1cnn(CCO)c(=O)c1Br. The number of nitrogens with zero attached hydrogens (tertiary/aromatic N) is 2. The number of aromatic nitrogens is 2. The average molecular weight is 349 g/mol. The number of hydrogen-bond acceptors (Lipinski definition) is 6. The van der Waals surface area contributed by atoms with Crippen LogP contribution in [0.2, 0.25) is 0 Å². The Morgan fingerprint density at radius 3 is 3.00 bits per heavy atom. The molecule has 1 amide bonds. The number of anilines is 1. The molecule has 20 heavy (non-hydrogen) atoms. The summed E-state index contributed by atoms with van der Waals surface area (Å²) in [5.41, 5.74) is 0.0509. The van der Waals surface area contributed by atoms with Gasteiger partial charge in [0.2, 0.25) is 5.91 Å². The number of carbonyl (C=O) groups is 1. The van der Waals surface area contributed by atoms with Crippen LogP contribution in [0.1, 0.15) is 0 Å². The smallest absolute Gasteiger partial charge is 0.283 e. The quantitative estimate of drug-likeness (QED) is 0.529. The molecule has 0 saturated carbocycles. The van der Waals surface area contributed by atoms with Crippen molar-refractivity contribution in [2.24, 2.45) is 0 Å². The number of hydrogen-bond donors (Lipinski definition) is 3. The third-order valence-corrected chi connectivity index (χ3v) is 3.13. The lowest BCUT2D eigenvalue weighted by Crippen LogP contribution is -2.33. The zero-order valence-corrected chi connectivity index (χ0v) is 12.6. The number of rotatable bonds is 8. The molecule has 9 heteroatoms. The largest absolute Gasteiger partial charge is 0.394 e. The maximum atomic E-state index is 11.8. The highest BCUT2D eigenvalue weighted by Crippen LogP contribution is 2.15. The number of nitrogens with one attached hydrogen (secondary N) is 2. The number of aliphatic hydroxyl groups is 1. The molecule has 0 atom stereocenters. The first-order valence-electron chi connectivity index (χ1n) is 5.96. The third-order valence-electron chi connectivity index (χ3n) is 2.36. The molecule has 0 unspecified atom stereocenters. The summed E-state index contributed by atoms with van der Waals surface area (Å²) in [6, 6.07) is 0. The summed E-state index contributed by atoms with van der Waals surface area (Å²) in [6.07, 6.45) is 1.42. The van der Waals surface area contributed by atoms with Crippen molar-refractivity contribution in [1.29, 1.82) is 0 Å². The van der Waals surface area contributed by atoms with E-state index in [1.165, 1.54) is 6.20 Å². The maximum absolute atomic E-state index is 11.8. The molecule has 0 radical (unpaired) electrons. The summed E-state index contributed by atoms with van der Waals surface area (Å²) in [6.45, 7) is 0.833. The molecule has 0 spiro atoms. The van der Waals surface area contributed by atoms with Crippen LogP contribution in [-0.2, 0) is 16.1 Å². The van der Waals surface area contributed by atoms with Crippen molar-refractivity contribution >= 4 is 27.5 Å². The monoisotopic (exact) mass is 348 g/mol. The second kappa shape index (κ2) is 8.67. The number of halogens is 1. The van der Waals surface area contributed by atoms with Crippen molar-refractivity contribution in [1.82, 2.24) is 15.1 Å². The lowest BCUT2D eigenvalue weighted by atomic mass is 10.4. The minimum Gasteiger partial charge on any atom is -0.394 e. The van der Waals surface area contributed by atoms with Crippen LogP contribution in [-0.4, -0.2) is 54.2 Å². The van der Waals surface area contributed by atoms with Crippen molar-refractivity contribution in [3.05, 3.63) is 21.0 Å². The number of amides is 1. The van der Waals surface area contributed by atoms with Crippen LogP contribution in [0.5, 0.6) is 0 Å². The number of methoxy groups -OCH3 is 1. The highest BCUT2D eigenvalue weighted by Gasteiger charge is 2.09. The van der Waals surface area contributed by atoms with Gasteiger partial charge >= 0.3 is 0 Å². The summed E-state index contributed by atoms with van der Waals surface area (Å²) < 4.78 is 6.21. The lowest BCUT2D eigenvalue weighted by molar-refractivity contribution is -0.119. The molecule has 0 aliphatic rings. The van der Waals surface area contributed by atoms with Crippen molar-refractivity contribution in [3.63, 3.8) is 0 Å². The van der Waals surface area contributed by atoms with Crippen LogP contribution in [0.15, 0.2) is 15.5 Å². The predicted octanol–water partition coefficient (Wildman–Crippen LogP) is -0.827. The van der Waals surface area contributed by atoms with Gasteiger partial charge in [0.05, 0.1) is 38.2 Å². The van der Waals surface area contributed by atoms with Crippen molar-refractivity contribution in [3.8, 4) is 0 Å². The van der Waals surface area contributed by atoms with Crippen molar-refractivity contribution in [2.45, 2.75) is 6.54 Å². The molecule has 0 bridgehead atoms. The molecule has 8 nitrogen and oxygen atoms in total. The molecular formula is C11H17BrN4O4. The zero-order valence-electron chi connectivity index (χ0n) is 11.1. The van der Waals surface area contributed by atoms with E-state index >= 15 is 0 Å². The molecule has 1 aromatic heterocycles. The summed E-state index contributed by atoms with van der Waals surface area (Å²) in [5.74, 6) is -0.214. The second-order valence-electron chi connectivity index (χ2n) is 3.82. The Balaban J connectivity index is 2.58. The first kappa shape index (κ1) is 16.6. The minimum absolute atomic E-state index is 0.0213. The molecule has 0 saturated heterocycles.